The summed E-state index contributed by atoms with van der Waals surface area (Å²) >= 11 is 0. The number of carbonyl (C=O) groups excluding carboxylic acids is 1. The van der Waals surface area contributed by atoms with Gasteiger partial charge in [0.15, 0.2) is 5.78 Å². The molecule has 0 amide bonds. The number of carbonyl (C=O) groups is 1. The Morgan fingerprint density at radius 1 is 1.21 bits per heavy atom. The second-order valence-corrected chi connectivity index (χ2v) is 6.42. The maximum absolute atomic E-state index is 12.9. The Morgan fingerprint density at radius 2 is 1.95 bits per heavy atom. The van der Waals surface area contributed by atoms with Gasteiger partial charge in [0.25, 0.3) is 0 Å². The molecule has 2 aliphatic rings. The number of hydrogen-bond acceptors (Lipinski definition) is 1. The molecule has 19 heavy (non-hydrogen) atoms. The van der Waals surface area contributed by atoms with Crippen molar-refractivity contribution >= 4 is 5.78 Å². The monoisotopic (exact) mass is 256 g/mol. The lowest BCUT2D eigenvalue weighted by molar-refractivity contribution is 0.0791. The number of hydrogen-bond donors (Lipinski definition) is 0. The summed E-state index contributed by atoms with van der Waals surface area (Å²) in [5, 5.41) is 0. The van der Waals surface area contributed by atoms with Crippen LogP contribution in [0.1, 0.15) is 80.1 Å². The van der Waals surface area contributed by atoms with Crippen molar-refractivity contribution in [3.05, 3.63) is 35.4 Å². The Labute approximate surface area is 116 Å². The van der Waals surface area contributed by atoms with E-state index in [9.17, 15) is 4.79 Å². The van der Waals surface area contributed by atoms with Crippen LogP contribution >= 0.6 is 0 Å². The van der Waals surface area contributed by atoms with E-state index in [0.29, 0.717) is 11.7 Å². The highest BCUT2D eigenvalue weighted by Gasteiger charge is 2.39. The summed E-state index contributed by atoms with van der Waals surface area (Å²) in [5.41, 5.74) is 2.31. The van der Waals surface area contributed by atoms with Crippen LogP contribution in [0.4, 0.5) is 0 Å². The molecule has 1 aromatic carbocycles. The summed E-state index contributed by atoms with van der Waals surface area (Å²) in [6.07, 6.45) is 9.59. The molecule has 1 aromatic rings. The molecule has 0 N–H and O–H groups in total. The molecule has 102 valence electrons. The fraction of sp³-hybridized carbons (Fsp3) is 0.611. The molecular weight excluding hydrogens is 232 g/mol. The molecule has 2 fully saturated rings. The molecule has 1 heteroatoms. The first-order valence-corrected chi connectivity index (χ1v) is 7.90. The van der Waals surface area contributed by atoms with Crippen molar-refractivity contribution in [1.29, 1.82) is 0 Å². The van der Waals surface area contributed by atoms with Crippen LogP contribution in [0.25, 0.3) is 0 Å². The zero-order valence-corrected chi connectivity index (χ0v) is 12.0. The third-order valence-corrected chi connectivity index (χ3v) is 5.44. The van der Waals surface area contributed by atoms with Crippen LogP contribution in [0.2, 0.25) is 0 Å². The fourth-order valence-electron chi connectivity index (χ4n) is 3.77. The van der Waals surface area contributed by atoms with Gasteiger partial charge in [0, 0.05) is 11.0 Å². The third kappa shape index (κ3) is 2.24. The van der Waals surface area contributed by atoms with E-state index in [2.05, 4.69) is 25.1 Å². The van der Waals surface area contributed by atoms with Crippen LogP contribution in [0.15, 0.2) is 24.3 Å². The normalized spacial score (nSPS) is 22.2. The molecule has 0 radical (unpaired) electrons. The summed E-state index contributed by atoms with van der Waals surface area (Å²) in [6.45, 7) is 2.18. The van der Waals surface area contributed by atoms with Crippen molar-refractivity contribution in [1.82, 2.24) is 0 Å². The highest BCUT2D eigenvalue weighted by Crippen LogP contribution is 2.44. The summed E-state index contributed by atoms with van der Waals surface area (Å²) in [7, 11) is 0. The van der Waals surface area contributed by atoms with Gasteiger partial charge in [-0.25, -0.2) is 0 Å². The van der Waals surface area contributed by atoms with E-state index in [1.165, 1.54) is 37.7 Å². The van der Waals surface area contributed by atoms with Crippen molar-refractivity contribution in [2.24, 2.45) is 5.41 Å². The van der Waals surface area contributed by atoms with Gasteiger partial charge in [-0.3, -0.25) is 4.79 Å². The first-order valence-electron chi connectivity index (χ1n) is 7.90. The van der Waals surface area contributed by atoms with Crippen LogP contribution in [-0.2, 0) is 0 Å². The number of Topliss-reactive ketones (excluding diaryl/α,β-unsaturated/α-hetero) is 1. The van der Waals surface area contributed by atoms with E-state index in [1.807, 2.05) is 6.07 Å². The van der Waals surface area contributed by atoms with Gasteiger partial charge in [-0.05, 0) is 49.7 Å². The maximum Gasteiger partial charge on any atom is 0.168 e. The van der Waals surface area contributed by atoms with E-state index >= 15 is 0 Å². The van der Waals surface area contributed by atoms with Gasteiger partial charge in [0.05, 0.1) is 0 Å². The Bertz CT molecular complexity index is 464. The van der Waals surface area contributed by atoms with Gasteiger partial charge in [0.2, 0.25) is 0 Å². The molecule has 0 aromatic heterocycles. The zero-order chi connectivity index (χ0) is 13.3. The predicted octanol–water partition coefficient (Wildman–Crippen LogP) is 5.11. The maximum atomic E-state index is 12.9. The SMILES string of the molecule is CCC1(C(=O)c2cccc(C3CCC3)c2)CCCC1. The smallest absolute Gasteiger partial charge is 0.168 e. The van der Waals surface area contributed by atoms with Crippen LogP contribution in [0, 0.1) is 5.41 Å². The Morgan fingerprint density at radius 3 is 2.53 bits per heavy atom. The Balaban J connectivity index is 1.86. The quantitative estimate of drug-likeness (QED) is 0.684. The lowest BCUT2D eigenvalue weighted by atomic mass is 9.75. The molecule has 0 unspecified atom stereocenters. The van der Waals surface area contributed by atoms with Crippen LogP contribution in [-0.4, -0.2) is 5.78 Å². The van der Waals surface area contributed by atoms with Crippen LogP contribution < -0.4 is 0 Å². The van der Waals surface area contributed by atoms with E-state index in [1.54, 1.807) is 0 Å². The van der Waals surface area contributed by atoms with Crippen molar-refractivity contribution in [2.75, 3.05) is 0 Å². The highest BCUT2D eigenvalue weighted by molar-refractivity contribution is 6.00. The van der Waals surface area contributed by atoms with Gasteiger partial charge >= 0.3 is 0 Å². The third-order valence-electron chi connectivity index (χ3n) is 5.44. The molecule has 1 nitrogen and oxygen atoms in total. The average molecular weight is 256 g/mol. The van der Waals surface area contributed by atoms with Gasteiger partial charge in [-0.1, -0.05) is 44.4 Å². The lowest BCUT2D eigenvalue weighted by Gasteiger charge is -2.28. The van der Waals surface area contributed by atoms with Gasteiger partial charge in [-0.15, -0.1) is 0 Å². The molecule has 0 spiro atoms. The molecule has 2 aliphatic carbocycles. The summed E-state index contributed by atoms with van der Waals surface area (Å²) in [5.74, 6) is 1.13. The van der Waals surface area contributed by atoms with Crippen molar-refractivity contribution < 1.29 is 4.79 Å². The van der Waals surface area contributed by atoms with Crippen molar-refractivity contribution in [2.45, 2.75) is 64.2 Å². The average Bonchev–Trinajstić information content (AvgIpc) is 2.86. The highest BCUT2D eigenvalue weighted by atomic mass is 16.1. The number of rotatable bonds is 4. The minimum Gasteiger partial charge on any atom is -0.294 e. The largest absolute Gasteiger partial charge is 0.294 e. The topological polar surface area (TPSA) is 17.1 Å². The predicted molar refractivity (Wildman–Crippen MR) is 78.6 cm³/mol. The first-order chi connectivity index (χ1) is 9.25. The molecule has 0 heterocycles. The first kappa shape index (κ1) is 12.9. The summed E-state index contributed by atoms with van der Waals surface area (Å²) in [6, 6.07) is 8.50. The molecule has 2 saturated carbocycles. The molecule has 0 atom stereocenters. The van der Waals surface area contributed by atoms with E-state index in [-0.39, 0.29) is 5.41 Å². The molecule has 0 bridgehead atoms. The Kier molecular flexibility index (Phi) is 3.47. The van der Waals surface area contributed by atoms with Crippen molar-refractivity contribution in [3.8, 4) is 0 Å². The molecule has 0 saturated heterocycles. The summed E-state index contributed by atoms with van der Waals surface area (Å²) in [4.78, 5) is 12.9. The lowest BCUT2D eigenvalue weighted by Crippen LogP contribution is -2.27. The number of ketones is 1. The van der Waals surface area contributed by atoms with Gasteiger partial charge in [0.1, 0.15) is 0 Å². The summed E-state index contributed by atoms with van der Waals surface area (Å²) < 4.78 is 0. The molecule has 0 aliphatic heterocycles. The standard InChI is InChI=1S/C18H24O/c1-2-18(11-3-4-12-18)17(19)16-10-6-9-15(13-16)14-7-5-8-14/h6,9-10,13-14H,2-5,7-8,11-12H2,1H3. The van der Waals surface area contributed by atoms with E-state index in [0.717, 1.165) is 24.8 Å². The fourth-order valence-corrected chi connectivity index (χ4v) is 3.77. The second kappa shape index (κ2) is 5.11. The van der Waals surface area contributed by atoms with E-state index < -0.39 is 0 Å². The van der Waals surface area contributed by atoms with Crippen LogP contribution in [0.5, 0.6) is 0 Å². The van der Waals surface area contributed by atoms with Gasteiger partial charge in [-0.2, -0.15) is 0 Å². The number of benzene rings is 1. The zero-order valence-electron chi connectivity index (χ0n) is 12.0. The minimum atomic E-state index is -0.0434. The second-order valence-electron chi connectivity index (χ2n) is 6.42. The molecule has 3 rings (SSSR count). The molecular formula is C18H24O. The van der Waals surface area contributed by atoms with Crippen molar-refractivity contribution in [3.63, 3.8) is 0 Å². The van der Waals surface area contributed by atoms with Gasteiger partial charge < -0.3 is 0 Å². The Hall–Kier alpha value is -1.11. The minimum absolute atomic E-state index is 0.0434. The van der Waals surface area contributed by atoms with E-state index in [4.69, 9.17) is 0 Å². The van der Waals surface area contributed by atoms with Crippen LogP contribution in [0.3, 0.4) is 0 Å².